The van der Waals surface area contributed by atoms with E-state index in [4.69, 9.17) is 16.3 Å². The van der Waals surface area contributed by atoms with Crippen molar-refractivity contribution in [3.63, 3.8) is 0 Å². The highest BCUT2D eigenvalue weighted by Crippen LogP contribution is 2.24. The Labute approximate surface area is 174 Å². The number of nitrogens with one attached hydrogen (secondary N) is 2. The second-order valence-corrected chi connectivity index (χ2v) is 8.32. The molecule has 0 aliphatic heterocycles. The molecule has 0 spiro atoms. The Morgan fingerprint density at radius 3 is 2.37 bits per heavy atom. The van der Waals surface area contributed by atoms with Crippen molar-refractivity contribution in [3.05, 3.63) is 34.3 Å². The van der Waals surface area contributed by atoms with Crippen molar-refractivity contribution in [1.29, 1.82) is 0 Å². The van der Waals surface area contributed by atoms with Crippen LogP contribution < -0.4 is 10.6 Å². The second-order valence-electron chi connectivity index (χ2n) is 7.92. The number of rotatable bonds is 4. The minimum absolute atomic E-state index is 0. The zero-order chi connectivity index (χ0) is 19.3. The molecule has 27 heavy (non-hydrogen) atoms. The normalized spacial score (nSPS) is 16.0. The Balaban J connectivity index is 0.00000364. The van der Waals surface area contributed by atoms with Crippen LogP contribution in [-0.4, -0.2) is 23.6 Å². The molecule has 2 N–H and O–H groups in total. The summed E-state index contributed by atoms with van der Waals surface area (Å²) < 4.78 is 5.26. The lowest BCUT2D eigenvalue weighted by atomic mass is 9.95. The Morgan fingerprint density at radius 1 is 1.19 bits per heavy atom. The van der Waals surface area contributed by atoms with E-state index in [1.807, 2.05) is 33.8 Å². The Hall–Kier alpha value is -1.40. The second kappa shape index (κ2) is 10.2. The van der Waals surface area contributed by atoms with E-state index in [2.05, 4.69) is 10.6 Å². The van der Waals surface area contributed by atoms with Crippen LogP contribution in [0.1, 0.15) is 81.8 Å². The lowest BCUT2D eigenvalue weighted by molar-refractivity contribution is 0.0507. The van der Waals surface area contributed by atoms with Crippen molar-refractivity contribution in [3.8, 4) is 0 Å². The molecule has 2 rings (SSSR count). The summed E-state index contributed by atoms with van der Waals surface area (Å²) in [5.41, 5.74) is 0.725. The largest absolute Gasteiger partial charge is 0.444 e. The van der Waals surface area contributed by atoms with Gasteiger partial charge in [0, 0.05) is 6.04 Å². The number of alkyl carbamates (subject to hydrolysis) is 1. The highest BCUT2D eigenvalue weighted by atomic mass is 35.5. The molecule has 1 aromatic rings. The third kappa shape index (κ3) is 7.62. The van der Waals surface area contributed by atoms with Gasteiger partial charge in [0.25, 0.3) is 5.91 Å². The van der Waals surface area contributed by atoms with Gasteiger partial charge >= 0.3 is 6.09 Å². The molecule has 0 unspecified atom stereocenters. The van der Waals surface area contributed by atoms with Crippen LogP contribution in [0.3, 0.4) is 0 Å². The van der Waals surface area contributed by atoms with Crippen LogP contribution in [0.15, 0.2) is 18.2 Å². The molecule has 2 amide bonds. The third-order valence-corrected chi connectivity index (χ3v) is 4.72. The molecule has 0 heterocycles. The molecule has 7 heteroatoms. The van der Waals surface area contributed by atoms with Gasteiger partial charge in [0.05, 0.1) is 16.6 Å². The smallest absolute Gasteiger partial charge is 0.408 e. The van der Waals surface area contributed by atoms with Gasteiger partial charge in [0.1, 0.15) is 5.60 Å². The summed E-state index contributed by atoms with van der Waals surface area (Å²) in [6.45, 7) is 7.28. The average Bonchev–Trinajstić information content (AvgIpc) is 2.53. The van der Waals surface area contributed by atoms with E-state index in [1.54, 1.807) is 12.1 Å². The maximum atomic E-state index is 12.5. The van der Waals surface area contributed by atoms with Gasteiger partial charge in [-0.25, -0.2) is 4.79 Å². The summed E-state index contributed by atoms with van der Waals surface area (Å²) in [5.74, 6) is -0.138. The Bertz CT molecular complexity index is 655. The molecule has 1 aliphatic rings. The SMILES string of the molecule is C[C@H](NC(=O)OC(C)(C)C)c1ccc(C(=O)NC2CCCCC2)c(Cl)c1.S. The number of hydrogen-bond acceptors (Lipinski definition) is 3. The Morgan fingerprint density at radius 2 is 1.81 bits per heavy atom. The molecular weight excluding hydrogens is 384 g/mol. The van der Waals surface area contributed by atoms with Crippen LogP contribution in [0.4, 0.5) is 4.79 Å². The summed E-state index contributed by atoms with van der Waals surface area (Å²) in [5, 5.41) is 6.23. The van der Waals surface area contributed by atoms with Crippen molar-refractivity contribution in [2.75, 3.05) is 0 Å². The molecule has 0 bridgehead atoms. The fraction of sp³-hybridized carbons (Fsp3) is 0.600. The van der Waals surface area contributed by atoms with Crippen LogP contribution in [0.25, 0.3) is 0 Å². The van der Waals surface area contributed by atoms with Gasteiger partial charge in [-0.3, -0.25) is 4.79 Å². The maximum absolute atomic E-state index is 12.5. The number of ether oxygens (including phenoxy) is 1. The first kappa shape index (κ1) is 23.6. The highest BCUT2D eigenvalue weighted by molar-refractivity contribution is 7.59. The third-order valence-electron chi connectivity index (χ3n) is 4.41. The fourth-order valence-electron chi connectivity index (χ4n) is 3.06. The van der Waals surface area contributed by atoms with Crippen LogP contribution in [0.2, 0.25) is 5.02 Å². The van der Waals surface area contributed by atoms with Gasteiger partial charge in [0.2, 0.25) is 0 Å². The summed E-state index contributed by atoms with van der Waals surface area (Å²) in [6.07, 6.45) is 5.12. The van der Waals surface area contributed by atoms with Crippen LogP contribution >= 0.6 is 25.1 Å². The first-order chi connectivity index (χ1) is 12.2. The zero-order valence-corrected chi connectivity index (χ0v) is 18.3. The zero-order valence-electron chi connectivity index (χ0n) is 16.5. The van der Waals surface area contributed by atoms with E-state index in [1.165, 1.54) is 6.42 Å². The van der Waals surface area contributed by atoms with Crippen LogP contribution in [0.5, 0.6) is 0 Å². The van der Waals surface area contributed by atoms with E-state index >= 15 is 0 Å². The van der Waals surface area contributed by atoms with Crippen molar-refractivity contribution in [2.24, 2.45) is 0 Å². The summed E-state index contributed by atoms with van der Waals surface area (Å²) in [7, 11) is 0. The number of amides is 2. The quantitative estimate of drug-likeness (QED) is 0.720. The number of benzene rings is 1. The summed E-state index contributed by atoms with van der Waals surface area (Å²) in [6, 6.07) is 5.20. The molecule has 1 atom stereocenters. The molecule has 1 saturated carbocycles. The number of hydrogen-bond donors (Lipinski definition) is 2. The number of carbonyl (C=O) groups is 2. The van der Waals surface area contributed by atoms with Gasteiger partial charge in [-0.1, -0.05) is 36.9 Å². The monoisotopic (exact) mass is 414 g/mol. The molecule has 1 fully saturated rings. The predicted molar refractivity (Wildman–Crippen MR) is 114 cm³/mol. The van der Waals surface area contributed by atoms with Crippen molar-refractivity contribution in [2.45, 2.75) is 77.5 Å². The lowest BCUT2D eigenvalue weighted by Gasteiger charge is -2.23. The average molecular weight is 415 g/mol. The summed E-state index contributed by atoms with van der Waals surface area (Å²) in [4.78, 5) is 24.4. The van der Waals surface area contributed by atoms with Gasteiger partial charge in [-0.15, -0.1) is 0 Å². The highest BCUT2D eigenvalue weighted by Gasteiger charge is 2.21. The van der Waals surface area contributed by atoms with Gasteiger partial charge in [0.15, 0.2) is 0 Å². The molecule has 1 aliphatic carbocycles. The van der Waals surface area contributed by atoms with Gasteiger partial charge in [-0.2, -0.15) is 13.5 Å². The number of halogens is 1. The minimum Gasteiger partial charge on any atom is -0.444 e. The Kier molecular flexibility index (Phi) is 8.95. The lowest BCUT2D eigenvalue weighted by Crippen LogP contribution is -2.36. The maximum Gasteiger partial charge on any atom is 0.408 e. The molecular formula is C20H31ClN2O3S. The van der Waals surface area contributed by atoms with Gasteiger partial charge in [-0.05, 0) is 58.2 Å². The molecule has 0 aromatic heterocycles. The van der Waals surface area contributed by atoms with E-state index in [0.717, 1.165) is 31.2 Å². The van der Waals surface area contributed by atoms with E-state index < -0.39 is 11.7 Å². The molecule has 0 radical (unpaired) electrons. The van der Waals surface area contributed by atoms with Crippen molar-refractivity contribution >= 4 is 37.1 Å². The molecule has 0 saturated heterocycles. The number of carbonyl (C=O) groups excluding carboxylic acids is 2. The van der Waals surface area contributed by atoms with E-state index in [0.29, 0.717) is 10.6 Å². The van der Waals surface area contributed by atoms with Crippen molar-refractivity contribution in [1.82, 2.24) is 10.6 Å². The molecule has 152 valence electrons. The summed E-state index contributed by atoms with van der Waals surface area (Å²) >= 11 is 6.32. The van der Waals surface area contributed by atoms with E-state index in [9.17, 15) is 9.59 Å². The predicted octanol–water partition coefficient (Wildman–Crippen LogP) is 5.10. The van der Waals surface area contributed by atoms with Crippen LogP contribution in [-0.2, 0) is 4.74 Å². The fourth-order valence-corrected chi connectivity index (χ4v) is 3.34. The standard InChI is InChI=1S/C20H29ClN2O3.H2S/c1-13(22-19(25)26-20(2,3)4)14-10-11-16(17(21)12-14)18(24)23-15-8-6-5-7-9-15;/h10-13,15H,5-9H2,1-4H3,(H,22,25)(H,23,24);1H2/t13-;/m0./s1. The van der Waals surface area contributed by atoms with E-state index in [-0.39, 0.29) is 31.5 Å². The topological polar surface area (TPSA) is 67.4 Å². The first-order valence-corrected chi connectivity index (χ1v) is 9.63. The van der Waals surface area contributed by atoms with Crippen LogP contribution in [0, 0.1) is 0 Å². The van der Waals surface area contributed by atoms with Gasteiger partial charge < -0.3 is 15.4 Å². The molecule has 1 aromatic carbocycles. The minimum atomic E-state index is -0.553. The van der Waals surface area contributed by atoms with Crippen molar-refractivity contribution < 1.29 is 14.3 Å². The molecule has 5 nitrogen and oxygen atoms in total. The first-order valence-electron chi connectivity index (χ1n) is 9.25.